The fourth-order valence-corrected chi connectivity index (χ4v) is 9.19. The van der Waals surface area contributed by atoms with E-state index in [1.165, 1.54) is 42.5 Å². The molecule has 2 aromatic rings. The van der Waals surface area contributed by atoms with Crippen LogP contribution >= 0.6 is 0 Å². The van der Waals surface area contributed by atoms with E-state index < -0.39 is 0 Å². The summed E-state index contributed by atoms with van der Waals surface area (Å²) < 4.78 is 7.34. The molecule has 4 bridgehead atoms. The van der Waals surface area contributed by atoms with Gasteiger partial charge in [-0.2, -0.15) is 0 Å². The number of phenols is 1. The summed E-state index contributed by atoms with van der Waals surface area (Å²) in [4.78, 5) is 5.52. The average Bonchev–Trinajstić information content (AvgIpc) is 3.53. The SMILES string of the molecule is Oc1cccc2c1C13CCN(CC4CC4)C(C2)C12CCC1C3[C@@H](CN1Cc1ccccc1)O2. The Kier molecular flexibility index (Phi) is 3.90. The molecule has 3 heterocycles. The van der Waals surface area contributed by atoms with Gasteiger partial charge in [0.25, 0.3) is 0 Å². The lowest BCUT2D eigenvalue weighted by Gasteiger charge is -2.64. The highest BCUT2D eigenvalue weighted by Crippen LogP contribution is 2.70. The molecule has 2 aromatic carbocycles. The number of fused-ring (bicyclic) bond motifs is 1. The summed E-state index contributed by atoms with van der Waals surface area (Å²) in [6.45, 7) is 4.45. The third-order valence-electron chi connectivity index (χ3n) is 10.4. The van der Waals surface area contributed by atoms with E-state index in [9.17, 15) is 5.11 Å². The van der Waals surface area contributed by atoms with Crippen molar-refractivity contribution in [1.82, 2.24) is 9.80 Å². The van der Waals surface area contributed by atoms with Gasteiger partial charge in [0, 0.05) is 48.6 Å². The molecule has 3 aliphatic carbocycles. The van der Waals surface area contributed by atoms with Crippen molar-refractivity contribution >= 4 is 0 Å². The van der Waals surface area contributed by atoms with Gasteiger partial charge in [-0.25, -0.2) is 0 Å². The van der Waals surface area contributed by atoms with E-state index in [4.69, 9.17) is 4.74 Å². The summed E-state index contributed by atoms with van der Waals surface area (Å²) in [5.74, 6) is 1.92. The summed E-state index contributed by atoms with van der Waals surface area (Å²) >= 11 is 0. The maximum atomic E-state index is 11.3. The first-order valence-corrected chi connectivity index (χ1v) is 13.2. The highest BCUT2D eigenvalue weighted by Gasteiger charge is 2.78. The number of hydrogen-bond donors (Lipinski definition) is 1. The zero-order chi connectivity index (χ0) is 21.8. The Morgan fingerprint density at radius 1 is 0.970 bits per heavy atom. The van der Waals surface area contributed by atoms with Crippen molar-refractivity contribution in [2.75, 3.05) is 19.6 Å². The van der Waals surface area contributed by atoms with Gasteiger partial charge in [-0.05, 0) is 68.2 Å². The lowest BCUT2D eigenvalue weighted by atomic mass is 9.46. The van der Waals surface area contributed by atoms with Crippen LogP contribution in [0.15, 0.2) is 48.5 Å². The minimum absolute atomic E-state index is 0.0321. The van der Waals surface area contributed by atoms with E-state index >= 15 is 0 Å². The van der Waals surface area contributed by atoms with Gasteiger partial charge in [-0.3, -0.25) is 9.80 Å². The molecule has 6 atom stereocenters. The van der Waals surface area contributed by atoms with E-state index in [0.717, 1.165) is 44.8 Å². The first kappa shape index (κ1) is 19.4. The number of ether oxygens (including phenoxy) is 1. The van der Waals surface area contributed by atoms with Crippen LogP contribution in [0, 0.1) is 11.8 Å². The number of likely N-dealkylation sites (tertiary alicyclic amines) is 2. The van der Waals surface area contributed by atoms with E-state index in [1.54, 1.807) is 0 Å². The molecule has 0 radical (unpaired) electrons. The number of benzene rings is 2. The van der Waals surface area contributed by atoms with Crippen molar-refractivity contribution in [2.45, 2.75) is 74.3 Å². The second-order valence-electron chi connectivity index (χ2n) is 11.8. The van der Waals surface area contributed by atoms with E-state index in [1.807, 2.05) is 6.07 Å². The van der Waals surface area contributed by atoms with Gasteiger partial charge < -0.3 is 9.84 Å². The normalized spacial score (nSPS) is 41.1. The quantitative estimate of drug-likeness (QED) is 0.773. The van der Waals surface area contributed by atoms with E-state index in [-0.39, 0.29) is 17.1 Å². The Balaban J connectivity index is 1.25. The smallest absolute Gasteiger partial charge is 0.119 e. The highest BCUT2D eigenvalue weighted by atomic mass is 16.5. The number of rotatable bonds is 4. The van der Waals surface area contributed by atoms with Gasteiger partial charge in [0.1, 0.15) is 5.75 Å². The molecule has 5 unspecified atom stereocenters. The predicted molar refractivity (Wildman–Crippen MR) is 127 cm³/mol. The zero-order valence-corrected chi connectivity index (χ0v) is 19.3. The lowest BCUT2D eigenvalue weighted by molar-refractivity contribution is -0.174. The van der Waals surface area contributed by atoms with Crippen molar-refractivity contribution < 1.29 is 9.84 Å². The van der Waals surface area contributed by atoms with Gasteiger partial charge in [0.05, 0.1) is 11.7 Å². The zero-order valence-electron chi connectivity index (χ0n) is 19.3. The largest absolute Gasteiger partial charge is 0.508 e. The molecule has 3 aliphatic heterocycles. The minimum Gasteiger partial charge on any atom is -0.508 e. The number of nitrogens with zero attached hydrogens (tertiary/aromatic N) is 2. The molecule has 0 aromatic heterocycles. The van der Waals surface area contributed by atoms with Crippen LogP contribution in [0.4, 0.5) is 0 Å². The predicted octanol–water partition coefficient (Wildman–Crippen LogP) is 4.10. The number of phenolic OH excluding ortho intramolecular Hbond substituents is 1. The molecule has 3 saturated heterocycles. The Hall–Kier alpha value is -1.88. The van der Waals surface area contributed by atoms with Crippen LogP contribution in [0.2, 0.25) is 0 Å². The Bertz CT molecular complexity index is 1100. The van der Waals surface area contributed by atoms with Gasteiger partial charge in [0.2, 0.25) is 0 Å². The number of piperidine rings is 1. The lowest BCUT2D eigenvalue weighted by Crippen LogP contribution is -2.74. The maximum Gasteiger partial charge on any atom is 0.119 e. The van der Waals surface area contributed by atoms with Crippen molar-refractivity contribution in [2.24, 2.45) is 11.8 Å². The molecule has 0 spiro atoms. The molecule has 5 fully saturated rings. The van der Waals surface area contributed by atoms with Crippen molar-refractivity contribution in [3.05, 3.63) is 65.2 Å². The molecular formula is C29H34N2O2. The monoisotopic (exact) mass is 442 g/mol. The van der Waals surface area contributed by atoms with Crippen LogP contribution in [-0.2, 0) is 23.1 Å². The summed E-state index contributed by atoms with van der Waals surface area (Å²) in [5.41, 5.74) is 3.91. The third kappa shape index (κ3) is 2.42. The molecule has 1 N–H and O–H groups in total. The van der Waals surface area contributed by atoms with Gasteiger partial charge >= 0.3 is 0 Å². The van der Waals surface area contributed by atoms with Crippen LogP contribution in [0.1, 0.15) is 48.8 Å². The molecule has 2 saturated carbocycles. The molecule has 4 heteroatoms. The first-order valence-electron chi connectivity index (χ1n) is 13.2. The van der Waals surface area contributed by atoms with Crippen LogP contribution in [0.3, 0.4) is 0 Å². The Morgan fingerprint density at radius 3 is 2.70 bits per heavy atom. The topological polar surface area (TPSA) is 35.9 Å². The highest BCUT2D eigenvalue weighted by molar-refractivity contribution is 5.55. The molecule has 8 rings (SSSR count). The summed E-state index contributed by atoms with van der Waals surface area (Å²) in [5, 5.41) is 11.3. The van der Waals surface area contributed by atoms with Crippen LogP contribution in [0.25, 0.3) is 0 Å². The second kappa shape index (κ2) is 6.62. The molecule has 0 amide bonds. The number of hydrogen-bond acceptors (Lipinski definition) is 4. The Labute approximate surface area is 196 Å². The molecular weight excluding hydrogens is 408 g/mol. The fourth-order valence-electron chi connectivity index (χ4n) is 9.19. The standard InChI is InChI=1S/C29H34N2O2/c32-23-8-4-7-21-15-25-29-12-11-22-27(24(33-29)18-31(22)17-19-5-2-1-3-6-19)28(29,26(21)23)13-14-30(25)16-20-9-10-20/h1-8,20,22,24-25,27,32H,9-18H2/t22?,24-,25?,27?,28?,29?/m1/s1. The van der Waals surface area contributed by atoms with Crippen LogP contribution in [0.5, 0.6) is 5.75 Å². The molecule has 172 valence electrons. The first-order chi connectivity index (χ1) is 16.2. The van der Waals surface area contributed by atoms with Crippen molar-refractivity contribution in [3.8, 4) is 5.75 Å². The second-order valence-corrected chi connectivity index (χ2v) is 11.8. The molecule has 33 heavy (non-hydrogen) atoms. The Morgan fingerprint density at radius 2 is 1.85 bits per heavy atom. The van der Waals surface area contributed by atoms with E-state index in [2.05, 4.69) is 52.3 Å². The number of aromatic hydroxyl groups is 1. The van der Waals surface area contributed by atoms with Crippen molar-refractivity contribution in [1.29, 1.82) is 0 Å². The van der Waals surface area contributed by atoms with Crippen LogP contribution < -0.4 is 0 Å². The molecule has 4 nitrogen and oxygen atoms in total. The fraction of sp³-hybridized carbons (Fsp3) is 0.586. The van der Waals surface area contributed by atoms with Gasteiger partial charge in [-0.15, -0.1) is 0 Å². The van der Waals surface area contributed by atoms with Gasteiger partial charge in [0.15, 0.2) is 0 Å². The summed E-state index contributed by atoms with van der Waals surface area (Å²) in [6, 6.07) is 18.3. The summed E-state index contributed by atoms with van der Waals surface area (Å²) in [7, 11) is 0. The van der Waals surface area contributed by atoms with E-state index in [0.29, 0.717) is 23.8 Å². The van der Waals surface area contributed by atoms with Crippen molar-refractivity contribution in [3.63, 3.8) is 0 Å². The molecule has 6 aliphatic rings. The summed E-state index contributed by atoms with van der Waals surface area (Å²) in [6.07, 6.45) is 7.63. The minimum atomic E-state index is -0.114. The van der Waals surface area contributed by atoms with Gasteiger partial charge in [-0.1, -0.05) is 42.5 Å². The van der Waals surface area contributed by atoms with Crippen LogP contribution in [-0.4, -0.2) is 58.3 Å². The average molecular weight is 443 g/mol. The third-order valence-corrected chi connectivity index (χ3v) is 10.4. The maximum absolute atomic E-state index is 11.3.